The van der Waals surface area contributed by atoms with Crippen molar-refractivity contribution in [2.24, 2.45) is 10.2 Å². The zero-order valence-electron chi connectivity index (χ0n) is 17.7. The molecule has 31 heavy (non-hydrogen) atoms. The summed E-state index contributed by atoms with van der Waals surface area (Å²) in [6, 6.07) is 5.85. The molecule has 11 nitrogen and oxygen atoms in total. The fraction of sp³-hybridized carbons (Fsp3) is 0.400. The molecule has 1 heterocycles. The number of azo groups is 1. The van der Waals surface area contributed by atoms with Crippen molar-refractivity contribution in [3.63, 3.8) is 0 Å². The van der Waals surface area contributed by atoms with Crippen LogP contribution in [0.25, 0.3) is 0 Å². The van der Waals surface area contributed by atoms with Gasteiger partial charge in [-0.3, -0.25) is 19.5 Å². The first-order valence-electron chi connectivity index (χ1n) is 9.43. The van der Waals surface area contributed by atoms with Crippen LogP contribution in [0.1, 0.15) is 31.4 Å². The predicted molar refractivity (Wildman–Crippen MR) is 111 cm³/mol. The number of hydrogen-bond donors (Lipinski definition) is 1. The number of rotatable bonds is 9. The molecule has 0 spiro atoms. The van der Waals surface area contributed by atoms with Gasteiger partial charge in [0.2, 0.25) is 5.88 Å². The van der Waals surface area contributed by atoms with Crippen molar-refractivity contribution in [3.8, 4) is 17.7 Å². The number of aromatic nitrogens is 1. The Morgan fingerprint density at radius 3 is 2.65 bits per heavy atom. The minimum absolute atomic E-state index is 0.0163. The minimum atomic E-state index is -0.668. The Morgan fingerprint density at radius 2 is 2.06 bits per heavy atom. The molecule has 0 saturated heterocycles. The quantitative estimate of drug-likeness (QED) is 0.275. The first-order chi connectivity index (χ1) is 14.7. The number of nitro benzene ring substituents is 1. The Bertz CT molecular complexity index is 1100. The van der Waals surface area contributed by atoms with Crippen molar-refractivity contribution in [2.45, 2.75) is 39.8 Å². The molecule has 0 aliphatic carbocycles. The second kappa shape index (κ2) is 10.3. The molecule has 0 aliphatic heterocycles. The summed E-state index contributed by atoms with van der Waals surface area (Å²) in [7, 11) is 1.37. The van der Waals surface area contributed by atoms with Crippen molar-refractivity contribution in [1.29, 1.82) is 5.26 Å². The molecule has 1 N–H and O–H groups in total. The van der Waals surface area contributed by atoms with Gasteiger partial charge in [-0.15, -0.1) is 10.2 Å². The summed E-state index contributed by atoms with van der Waals surface area (Å²) >= 11 is 0. The van der Waals surface area contributed by atoms with Gasteiger partial charge in [0, 0.05) is 18.7 Å². The van der Waals surface area contributed by atoms with Gasteiger partial charge in [0.15, 0.2) is 11.4 Å². The Labute approximate surface area is 178 Å². The molecule has 0 radical (unpaired) electrons. The van der Waals surface area contributed by atoms with Gasteiger partial charge in [0.1, 0.15) is 17.4 Å². The number of pyridine rings is 1. The number of nitrogens with zero attached hydrogens (tertiary/aromatic N) is 5. The smallest absolute Gasteiger partial charge is 0.300 e. The highest BCUT2D eigenvalue weighted by atomic mass is 16.6. The lowest BCUT2D eigenvalue weighted by Crippen LogP contribution is -2.23. The van der Waals surface area contributed by atoms with E-state index in [0.717, 1.165) is 4.57 Å². The summed E-state index contributed by atoms with van der Waals surface area (Å²) in [5.74, 6) is -0.201. The molecular formula is C20H23N5O6. The highest BCUT2D eigenvalue weighted by molar-refractivity contribution is 5.61. The third-order valence-electron chi connectivity index (χ3n) is 4.38. The fourth-order valence-electron chi connectivity index (χ4n) is 2.77. The van der Waals surface area contributed by atoms with Crippen LogP contribution >= 0.6 is 0 Å². The van der Waals surface area contributed by atoms with Gasteiger partial charge in [0.25, 0.3) is 11.2 Å². The minimum Gasteiger partial charge on any atom is -0.496 e. The standard InChI is InChI=1S/C20H23N5O6/c1-12(2)31-9-5-8-24-19(26)15(11-21)13(3)18(20(24)27)23-22-16-7-6-14(30-4)10-17(16)25(28)29/h6-7,10,12,26H,5,8-9H2,1-4H3. The van der Waals surface area contributed by atoms with E-state index >= 15 is 0 Å². The molecule has 0 atom stereocenters. The molecule has 0 unspecified atom stereocenters. The summed E-state index contributed by atoms with van der Waals surface area (Å²) < 4.78 is 11.4. The van der Waals surface area contributed by atoms with Gasteiger partial charge in [-0.05, 0) is 39.3 Å². The van der Waals surface area contributed by atoms with E-state index in [1.54, 1.807) is 0 Å². The maximum Gasteiger partial charge on any atom is 0.300 e. The first kappa shape index (κ1) is 23.5. The highest BCUT2D eigenvalue weighted by Crippen LogP contribution is 2.33. The Kier molecular flexibility index (Phi) is 7.81. The van der Waals surface area contributed by atoms with Crippen molar-refractivity contribution >= 4 is 17.1 Å². The van der Waals surface area contributed by atoms with Crippen molar-refractivity contribution < 1.29 is 19.5 Å². The first-order valence-corrected chi connectivity index (χ1v) is 9.43. The van der Waals surface area contributed by atoms with E-state index in [4.69, 9.17) is 9.47 Å². The van der Waals surface area contributed by atoms with Crippen LogP contribution in [0.3, 0.4) is 0 Å². The second-order valence-corrected chi connectivity index (χ2v) is 6.83. The van der Waals surface area contributed by atoms with E-state index in [9.17, 15) is 25.3 Å². The molecule has 1 aromatic carbocycles. The maximum atomic E-state index is 12.9. The van der Waals surface area contributed by atoms with E-state index in [-0.39, 0.29) is 46.6 Å². The number of aromatic hydroxyl groups is 1. The van der Waals surface area contributed by atoms with Gasteiger partial charge in [-0.25, -0.2) is 0 Å². The monoisotopic (exact) mass is 429 g/mol. The van der Waals surface area contributed by atoms with E-state index in [1.807, 2.05) is 19.9 Å². The second-order valence-electron chi connectivity index (χ2n) is 6.83. The van der Waals surface area contributed by atoms with Gasteiger partial charge in [-0.2, -0.15) is 5.26 Å². The molecule has 2 rings (SSSR count). The largest absolute Gasteiger partial charge is 0.496 e. The van der Waals surface area contributed by atoms with Gasteiger partial charge in [0.05, 0.1) is 24.2 Å². The van der Waals surface area contributed by atoms with Crippen LogP contribution < -0.4 is 10.3 Å². The third kappa shape index (κ3) is 5.43. The van der Waals surface area contributed by atoms with Crippen LogP contribution in [-0.2, 0) is 11.3 Å². The molecular weight excluding hydrogens is 406 g/mol. The summed E-state index contributed by atoms with van der Waals surface area (Å²) in [6.45, 7) is 5.65. The Balaban J connectivity index is 2.50. The number of nitriles is 1. The maximum absolute atomic E-state index is 12.9. The van der Waals surface area contributed by atoms with Crippen LogP contribution in [-0.4, -0.2) is 34.4 Å². The van der Waals surface area contributed by atoms with Crippen LogP contribution in [0.4, 0.5) is 17.1 Å². The Morgan fingerprint density at radius 1 is 1.35 bits per heavy atom. The molecule has 2 aromatic rings. The predicted octanol–water partition coefficient (Wildman–Crippen LogP) is 3.88. The van der Waals surface area contributed by atoms with Crippen molar-refractivity contribution in [2.75, 3.05) is 13.7 Å². The van der Waals surface area contributed by atoms with E-state index in [2.05, 4.69) is 10.2 Å². The van der Waals surface area contributed by atoms with E-state index in [1.165, 1.54) is 32.2 Å². The average Bonchev–Trinajstić information content (AvgIpc) is 2.73. The summed E-state index contributed by atoms with van der Waals surface area (Å²) in [6.07, 6.45) is 0.433. The molecule has 0 aliphatic rings. The SMILES string of the molecule is COc1ccc(N=Nc2c(C)c(C#N)c(O)n(CCCOC(C)C)c2=O)c([N+](=O)[O-])c1. The number of methoxy groups -OCH3 is 1. The fourth-order valence-corrected chi connectivity index (χ4v) is 2.77. The summed E-state index contributed by atoms with van der Waals surface area (Å²) in [5.41, 5.74) is -1.30. The number of ether oxygens (including phenoxy) is 2. The normalized spacial score (nSPS) is 11.1. The highest BCUT2D eigenvalue weighted by Gasteiger charge is 2.20. The molecule has 164 valence electrons. The van der Waals surface area contributed by atoms with Gasteiger partial charge < -0.3 is 14.6 Å². The van der Waals surface area contributed by atoms with Crippen molar-refractivity contribution in [3.05, 3.63) is 49.8 Å². The molecule has 1 aromatic heterocycles. The zero-order chi connectivity index (χ0) is 23.1. The topological polar surface area (TPSA) is 152 Å². The summed E-state index contributed by atoms with van der Waals surface area (Å²) in [5, 5.41) is 38.9. The lowest BCUT2D eigenvalue weighted by Gasteiger charge is -2.13. The van der Waals surface area contributed by atoms with Gasteiger partial charge >= 0.3 is 0 Å². The lowest BCUT2D eigenvalue weighted by atomic mass is 10.1. The molecule has 0 bridgehead atoms. The zero-order valence-corrected chi connectivity index (χ0v) is 17.7. The molecule has 0 fully saturated rings. The molecule has 0 saturated carbocycles. The van der Waals surface area contributed by atoms with Crippen LogP contribution in [0.5, 0.6) is 11.6 Å². The number of hydrogen-bond acceptors (Lipinski definition) is 9. The Hall–Kier alpha value is -3.78. The lowest BCUT2D eigenvalue weighted by molar-refractivity contribution is -0.384. The third-order valence-corrected chi connectivity index (χ3v) is 4.38. The average molecular weight is 429 g/mol. The van der Waals surface area contributed by atoms with Crippen LogP contribution in [0, 0.1) is 28.4 Å². The molecule has 11 heteroatoms. The summed E-state index contributed by atoms with van der Waals surface area (Å²) in [4.78, 5) is 23.6. The number of nitro groups is 1. The van der Waals surface area contributed by atoms with Gasteiger partial charge in [-0.1, -0.05) is 0 Å². The van der Waals surface area contributed by atoms with Crippen molar-refractivity contribution in [1.82, 2.24) is 4.57 Å². The van der Waals surface area contributed by atoms with Crippen LogP contribution in [0.2, 0.25) is 0 Å². The van der Waals surface area contributed by atoms with Crippen LogP contribution in [0.15, 0.2) is 33.2 Å². The molecule has 0 amide bonds. The number of benzene rings is 1. The van der Waals surface area contributed by atoms with E-state index in [0.29, 0.717) is 13.0 Å². The van der Waals surface area contributed by atoms with E-state index < -0.39 is 16.4 Å².